The van der Waals surface area contributed by atoms with Crippen LogP contribution in [0.3, 0.4) is 0 Å². The Balaban J connectivity index is 2.55. The SMILES string of the molecule is C=CCN(C(=O)C(N)CCCC)C1CCCC1. The third-order valence-electron chi connectivity index (χ3n) is 3.56. The number of hydrogen-bond donors (Lipinski definition) is 1. The lowest BCUT2D eigenvalue weighted by Gasteiger charge is -2.30. The molecule has 1 fully saturated rings. The van der Waals surface area contributed by atoms with Gasteiger partial charge in [-0.3, -0.25) is 4.79 Å². The molecular weight excluding hydrogens is 212 g/mol. The van der Waals surface area contributed by atoms with Crippen molar-refractivity contribution < 1.29 is 4.79 Å². The first-order chi connectivity index (χ1) is 8.20. The van der Waals surface area contributed by atoms with Gasteiger partial charge in [0, 0.05) is 12.6 Å². The van der Waals surface area contributed by atoms with Gasteiger partial charge in [0.05, 0.1) is 6.04 Å². The van der Waals surface area contributed by atoms with Crippen molar-refractivity contribution in [3.8, 4) is 0 Å². The van der Waals surface area contributed by atoms with E-state index in [2.05, 4.69) is 13.5 Å². The van der Waals surface area contributed by atoms with E-state index in [0.29, 0.717) is 12.6 Å². The molecule has 98 valence electrons. The molecule has 0 heterocycles. The van der Waals surface area contributed by atoms with Gasteiger partial charge in [-0.15, -0.1) is 6.58 Å². The van der Waals surface area contributed by atoms with Gasteiger partial charge in [-0.05, 0) is 19.3 Å². The number of rotatable bonds is 7. The Morgan fingerprint density at radius 3 is 2.71 bits per heavy atom. The van der Waals surface area contributed by atoms with Crippen molar-refractivity contribution in [2.45, 2.75) is 64.0 Å². The summed E-state index contributed by atoms with van der Waals surface area (Å²) in [7, 11) is 0. The Labute approximate surface area is 105 Å². The van der Waals surface area contributed by atoms with Crippen LogP contribution in [0.25, 0.3) is 0 Å². The van der Waals surface area contributed by atoms with Crippen molar-refractivity contribution in [2.24, 2.45) is 5.73 Å². The van der Waals surface area contributed by atoms with E-state index in [1.165, 1.54) is 12.8 Å². The lowest BCUT2D eigenvalue weighted by Crippen LogP contribution is -2.48. The molecule has 1 aliphatic carbocycles. The second-order valence-corrected chi connectivity index (χ2v) is 4.97. The summed E-state index contributed by atoms with van der Waals surface area (Å²) in [5.41, 5.74) is 5.98. The van der Waals surface area contributed by atoms with Crippen LogP contribution >= 0.6 is 0 Å². The molecule has 0 aliphatic heterocycles. The molecule has 0 radical (unpaired) electrons. The smallest absolute Gasteiger partial charge is 0.240 e. The van der Waals surface area contributed by atoms with E-state index >= 15 is 0 Å². The zero-order valence-electron chi connectivity index (χ0n) is 11.0. The largest absolute Gasteiger partial charge is 0.335 e. The zero-order valence-corrected chi connectivity index (χ0v) is 11.0. The number of carbonyl (C=O) groups excluding carboxylic acids is 1. The highest BCUT2D eigenvalue weighted by Gasteiger charge is 2.28. The lowest BCUT2D eigenvalue weighted by atomic mass is 10.1. The Bertz CT molecular complexity index is 247. The fourth-order valence-corrected chi connectivity index (χ4v) is 2.53. The Morgan fingerprint density at radius 2 is 2.18 bits per heavy atom. The summed E-state index contributed by atoms with van der Waals surface area (Å²) in [6.07, 6.45) is 9.44. The molecule has 1 saturated carbocycles. The predicted octanol–water partition coefficient (Wildman–Crippen LogP) is 2.46. The first-order valence-electron chi connectivity index (χ1n) is 6.87. The number of amides is 1. The number of carbonyl (C=O) groups is 1. The molecule has 0 aromatic carbocycles. The first-order valence-corrected chi connectivity index (χ1v) is 6.87. The van der Waals surface area contributed by atoms with Crippen LogP contribution < -0.4 is 5.73 Å². The van der Waals surface area contributed by atoms with Gasteiger partial charge in [0.2, 0.25) is 5.91 Å². The van der Waals surface area contributed by atoms with Gasteiger partial charge < -0.3 is 10.6 Å². The van der Waals surface area contributed by atoms with Crippen molar-refractivity contribution in [1.29, 1.82) is 0 Å². The van der Waals surface area contributed by atoms with Gasteiger partial charge >= 0.3 is 0 Å². The maximum Gasteiger partial charge on any atom is 0.240 e. The predicted molar refractivity (Wildman–Crippen MR) is 71.7 cm³/mol. The Kier molecular flexibility index (Phi) is 6.27. The van der Waals surface area contributed by atoms with E-state index in [9.17, 15) is 4.79 Å². The quantitative estimate of drug-likeness (QED) is 0.693. The van der Waals surface area contributed by atoms with E-state index in [0.717, 1.165) is 32.1 Å². The third kappa shape index (κ3) is 4.15. The van der Waals surface area contributed by atoms with Gasteiger partial charge in [0.25, 0.3) is 0 Å². The van der Waals surface area contributed by atoms with Crippen LogP contribution in [0.2, 0.25) is 0 Å². The van der Waals surface area contributed by atoms with Crippen LogP contribution in [0.1, 0.15) is 51.9 Å². The summed E-state index contributed by atoms with van der Waals surface area (Å²) in [5, 5.41) is 0. The monoisotopic (exact) mass is 238 g/mol. The summed E-state index contributed by atoms with van der Waals surface area (Å²) >= 11 is 0. The molecule has 1 unspecified atom stereocenters. The van der Waals surface area contributed by atoms with Crippen LogP contribution in [-0.4, -0.2) is 29.4 Å². The molecule has 0 bridgehead atoms. The number of nitrogens with two attached hydrogens (primary N) is 1. The van der Waals surface area contributed by atoms with E-state index in [1.807, 2.05) is 11.0 Å². The van der Waals surface area contributed by atoms with Crippen LogP contribution in [-0.2, 0) is 4.79 Å². The summed E-state index contributed by atoms with van der Waals surface area (Å²) < 4.78 is 0. The summed E-state index contributed by atoms with van der Waals surface area (Å²) in [6, 6.07) is 0.0728. The van der Waals surface area contributed by atoms with Gasteiger partial charge in [-0.1, -0.05) is 38.7 Å². The average molecular weight is 238 g/mol. The highest BCUT2D eigenvalue weighted by molar-refractivity contribution is 5.82. The number of unbranched alkanes of at least 4 members (excludes halogenated alkanes) is 1. The van der Waals surface area contributed by atoms with E-state index < -0.39 is 0 Å². The highest BCUT2D eigenvalue weighted by atomic mass is 16.2. The second-order valence-electron chi connectivity index (χ2n) is 4.97. The topological polar surface area (TPSA) is 46.3 Å². The van der Waals surface area contributed by atoms with Crippen molar-refractivity contribution in [3.05, 3.63) is 12.7 Å². The van der Waals surface area contributed by atoms with E-state index in [-0.39, 0.29) is 11.9 Å². The average Bonchev–Trinajstić information content (AvgIpc) is 2.85. The molecule has 3 nitrogen and oxygen atoms in total. The fraction of sp³-hybridized carbons (Fsp3) is 0.786. The molecular formula is C14H26N2O. The maximum atomic E-state index is 12.3. The van der Waals surface area contributed by atoms with Crippen molar-refractivity contribution in [2.75, 3.05) is 6.54 Å². The van der Waals surface area contributed by atoms with Gasteiger partial charge in [0.15, 0.2) is 0 Å². The minimum Gasteiger partial charge on any atom is -0.335 e. The number of nitrogens with zero attached hydrogens (tertiary/aromatic N) is 1. The van der Waals surface area contributed by atoms with Crippen molar-refractivity contribution in [1.82, 2.24) is 4.90 Å². The van der Waals surface area contributed by atoms with Crippen LogP contribution in [0.5, 0.6) is 0 Å². The Morgan fingerprint density at radius 1 is 1.53 bits per heavy atom. The van der Waals surface area contributed by atoms with E-state index in [4.69, 9.17) is 5.73 Å². The molecule has 3 heteroatoms. The van der Waals surface area contributed by atoms with E-state index in [1.54, 1.807) is 0 Å². The molecule has 0 aromatic heterocycles. The normalized spacial score (nSPS) is 18.0. The molecule has 1 rings (SSSR count). The minimum absolute atomic E-state index is 0.116. The zero-order chi connectivity index (χ0) is 12.7. The molecule has 1 amide bonds. The lowest BCUT2D eigenvalue weighted by molar-refractivity contribution is -0.134. The van der Waals surface area contributed by atoms with Gasteiger partial charge in [-0.2, -0.15) is 0 Å². The van der Waals surface area contributed by atoms with Crippen molar-refractivity contribution >= 4 is 5.91 Å². The van der Waals surface area contributed by atoms with Gasteiger partial charge in [0.1, 0.15) is 0 Å². The molecule has 0 aromatic rings. The molecule has 0 saturated heterocycles. The maximum absolute atomic E-state index is 12.3. The summed E-state index contributed by atoms with van der Waals surface area (Å²) in [6.45, 7) is 6.50. The molecule has 1 atom stereocenters. The van der Waals surface area contributed by atoms with Crippen LogP contribution in [0.4, 0.5) is 0 Å². The van der Waals surface area contributed by atoms with Gasteiger partial charge in [-0.25, -0.2) is 0 Å². The van der Waals surface area contributed by atoms with Crippen LogP contribution in [0, 0.1) is 0 Å². The molecule has 1 aliphatic rings. The fourth-order valence-electron chi connectivity index (χ4n) is 2.53. The molecule has 2 N–H and O–H groups in total. The second kappa shape index (κ2) is 7.49. The van der Waals surface area contributed by atoms with Crippen molar-refractivity contribution in [3.63, 3.8) is 0 Å². The Hall–Kier alpha value is -0.830. The summed E-state index contributed by atoms with van der Waals surface area (Å²) in [5.74, 6) is 0.116. The molecule has 0 spiro atoms. The number of hydrogen-bond acceptors (Lipinski definition) is 2. The van der Waals surface area contributed by atoms with Crippen LogP contribution in [0.15, 0.2) is 12.7 Å². The standard InChI is InChI=1S/C14H26N2O/c1-3-5-10-13(15)14(17)16(11-4-2)12-8-6-7-9-12/h4,12-13H,2-3,5-11,15H2,1H3. The molecule has 17 heavy (non-hydrogen) atoms. The first kappa shape index (κ1) is 14.2. The highest BCUT2D eigenvalue weighted by Crippen LogP contribution is 2.24. The minimum atomic E-state index is -0.324. The third-order valence-corrected chi connectivity index (χ3v) is 3.56. The summed E-state index contributed by atoms with van der Waals surface area (Å²) in [4.78, 5) is 14.2.